The third-order valence-electron chi connectivity index (χ3n) is 2.49. The van der Waals surface area contributed by atoms with Crippen LogP contribution >= 0.6 is 11.3 Å². The Hall–Kier alpha value is -0.940. The number of carboxylic acid groups (broad SMARTS) is 1. The minimum absolute atomic E-state index is 0.186. The van der Waals surface area contributed by atoms with Crippen molar-refractivity contribution in [3.8, 4) is 0 Å². The second-order valence-corrected chi connectivity index (χ2v) is 4.26. The molecule has 1 aliphatic heterocycles. The number of carboxylic acids is 1. The number of aliphatic carboxylic acids is 1. The molecule has 0 radical (unpaired) electrons. The highest BCUT2D eigenvalue weighted by Crippen LogP contribution is 2.18. The van der Waals surface area contributed by atoms with E-state index < -0.39 is 5.97 Å². The van der Waals surface area contributed by atoms with Crippen LogP contribution in [0.4, 0.5) is 0 Å². The Morgan fingerprint density at radius 3 is 3.21 bits per heavy atom. The molecule has 2 heterocycles. The maximum Gasteiger partial charge on any atom is 0.307 e. The van der Waals surface area contributed by atoms with Gasteiger partial charge in [0.1, 0.15) is 0 Å². The van der Waals surface area contributed by atoms with E-state index in [1.54, 1.807) is 16.8 Å². The SMILES string of the molecule is O=C(O)C1CCN(Cc2cscn2)C1. The molecule has 14 heavy (non-hydrogen) atoms. The van der Waals surface area contributed by atoms with Crippen molar-refractivity contribution >= 4 is 17.3 Å². The lowest BCUT2D eigenvalue weighted by Crippen LogP contribution is -2.22. The zero-order valence-corrected chi connectivity index (χ0v) is 8.54. The molecule has 0 bridgehead atoms. The number of carbonyl (C=O) groups is 1. The molecule has 5 heteroatoms. The zero-order chi connectivity index (χ0) is 9.97. The van der Waals surface area contributed by atoms with Gasteiger partial charge < -0.3 is 5.11 Å². The van der Waals surface area contributed by atoms with Crippen molar-refractivity contribution in [1.82, 2.24) is 9.88 Å². The van der Waals surface area contributed by atoms with Crippen molar-refractivity contribution in [2.24, 2.45) is 5.92 Å². The maximum absolute atomic E-state index is 10.7. The molecular weight excluding hydrogens is 200 g/mol. The van der Waals surface area contributed by atoms with Crippen molar-refractivity contribution in [1.29, 1.82) is 0 Å². The fourth-order valence-electron chi connectivity index (χ4n) is 1.72. The Labute approximate surface area is 86.2 Å². The van der Waals surface area contributed by atoms with E-state index in [0.29, 0.717) is 6.54 Å². The van der Waals surface area contributed by atoms with E-state index >= 15 is 0 Å². The molecule has 1 aliphatic rings. The molecule has 0 aliphatic carbocycles. The van der Waals surface area contributed by atoms with Crippen molar-refractivity contribution in [2.45, 2.75) is 13.0 Å². The molecule has 2 rings (SSSR count). The van der Waals surface area contributed by atoms with E-state index in [1.807, 2.05) is 5.38 Å². The number of aromatic nitrogens is 1. The van der Waals surface area contributed by atoms with Crippen molar-refractivity contribution < 1.29 is 9.90 Å². The molecule has 1 aromatic rings. The van der Waals surface area contributed by atoms with Gasteiger partial charge in [0.2, 0.25) is 0 Å². The van der Waals surface area contributed by atoms with Crippen LogP contribution in [-0.2, 0) is 11.3 Å². The van der Waals surface area contributed by atoms with Crippen LogP contribution in [0, 0.1) is 5.92 Å². The Balaban J connectivity index is 1.87. The average Bonchev–Trinajstić information content (AvgIpc) is 2.75. The average molecular weight is 212 g/mol. The first kappa shape index (κ1) is 9.61. The molecule has 0 amide bonds. The standard InChI is InChI=1S/C9H12N2O2S/c12-9(13)7-1-2-11(3-7)4-8-5-14-6-10-8/h5-7H,1-4H2,(H,12,13). The van der Waals surface area contributed by atoms with Crippen molar-refractivity contribution in [3.63, 3.8) is 0 Å². The van der Waals surface area contributed by atoms with Crippen molar-refractivity contribution in [2.75, 3.05) is 13.1 Å². The molecule has 0 spiro atoms. The molecule has 1 fully saturated rings. The lowest BCUT2D eigenvalue weighted by Gasteiger charge is -2.12. The minimum atomic E-state index is -0.675. The van der Waals surface area contributed by atoms with Gasteiger partial charge >= 0.3 is 5.97 Å². The smallest absolute Gasteiger partial charge is 0.307 e. The number of rotatable bonds is 3. The summed E-state index contributed by atoms with van der Waals surface area (Å²) in [6.45, 7) is 2.31. The highest BCUT2D eigenvalue weighted by molar-refractivity contribution is 7.07. The summed E-state index contributed by atoms with van der Waals surface area (Å²) in [5, 5.41) is 10.8. The van der Waals surface area contributed by atoms with Gasteiger partial charge in [0.15, 0.2) is 0 Å². The fourth-order valence-corrected chi connectivity index (χ4v) is 2.27. The molecule has 1 saturated heterocycles. The Kier molecular flexibility index (Phi) is 2.79. The molecule has 1 unspecified atom stereocenters. The first-order chi connectivity index (χ1) is 6.75. The van der Waals surface area contributed by atoms with Gasteiger partial charge in [0, 0.05) is 18.5 Å². The monoisotopic (exact) mass is 212 g/mol. The van der Waals surface area contributed by atoms with Gasteiger partial charge in [-0.2, -0.15) is 0 Å². The van der Waals surface area contributed by atoms with E-state index in [9.17, 15) is 4.79 Å². The number of likely N-dealkylation sites (tertiary alicyclic amines) is 1. The first-order valence-corrected chi connectivity index (χ1v) is 5.52. The normalized spacial score (nSPS) is 22.7. The van der Waals surface area contributed by atoms with E-state index in [2.05, 4.69) is 9.88 Å². The van der Waals surface area contributed by atoms with Crippen LogP contribution in [0.3, 0.4) is 0 Å². The van der Waals surface area contributed by atoms with Gasteiger partial charge in [-0.1, -0.05) is 0 Å². The second-order valence-electron chi connectivity index (χ2n) is 3.54. The summed E-state index contributed by atoms with van der Waals surface area (Å²) < 4.78 is 0. The number of hydrogen-bond donors (Lipinski definition) is 1. The summed E-state index contributed by atoms with van der Waals surface area (Å²) >= 11 is 1.58. The Morgan fingerprint density at radius 1 is 1.79 bits per heavy atom. The lowest BCUT2D eigenvalue weighted by atomic mass is 10.1. The van der Waals surface area contributed by atoms with Crippen LogP contribution < -0.4 is 0 Å². The molecule has 1 atom stereocenters. The summed E-state index contributed by atoms with van der Waals surface area (Å²) in [6, 6.07) is 0. The van der Waals surface area contributed by atoms with Crippen LogP contribution in [0.25, 0.3) is 0 Å². The lowest BCUT2D eigenvalue weighted by molar-refractivity contribution is -0.141. The molecule has 4 nitrogen and oxygen atoms in total. The summed E-state index contributed by atoms with van der Waals surface area (Å²) in [4.78, 5) is 17.0. The third-order valence-corrected chi connectivity index (χ3v) is 3.13. The highest BCUT2D eigenvalue weighted by Gasteiger charge is 2.27. The summed E-state index contributed by atoms with van der Waals surface area (Å²) in [7, 11) is 0. The van der Waals surface area contributed by atoms with Crippen LogP contribution in [0.1, 0.15) is 12.1 Å². The number of thiazole rings is 1. The quantitative estimate of drug-likeness (QED) is 0.813. The van der Waals surface area contributed by atoms with Crippen LogP contribution in [0.5, 0.6) is 0 Å². The van der Waals surface area contributed by atoms with E-state index in [0.717, 1.165) is 25.2 Å². The first-order valence-electron chi connectivity index (χ1n) is 4.58. The van der Waals surface area contributed by atoms with Crippen molar-refractivity contribution in [3.05, 3.63) is 16.6 Å². The van der Waals surface area contributed by atoms with Gasteiger partial charge in [0.05, 0.1) is 17.1 Å². The Morgan fingerprint density at radius 2 is 2.64 bits per heavy atom. The van der Waals surface area contributed by atoms with Gasteiger partial charge in [-0.25, -0.2) is 4.98 Å². The van der Waals surface area contributed by atoms with Crippen LogP contribution in [0.15, 0.2) is 10.9 Å². The second kappa shape index (κ2) is 4.06. The molecular formula is C9H12N2O2S. The zero-order valence-electron chi connectivity index (χ0n) is 7.72. The fraction of sp³-hybridized carbons (Fsp3) is 0.556. The molecule has 0 saturated carbocycles. The highest BCUT2D eigenvalue weighted by atomic mass is 32.1. The number of hydrogen-bond acceptors (Lipinski definition) is 4. The van der Waals surface area contributed by atoms with Gasteiger partial charge in [-0.05, 0) is 13.0 Å². The summed E-state index contributed by atoms with van der Waals surface area (Å²) in [5.74, 6) is -0.862. The summed E-state index contributed by atoms with van der Waals surface area (Å²) in [5.41, 5.74) is 2.85. The van der Waals surface area contributed by atoms with E-state index in [-0.39, 0.29) is 5.92 Å². The molecule has 1 N–H and O–H groups in total. The van der Waals surface area contributed by atoms with Gasteiger partial charge in [-0.15, -0.1) is 11.3 Å². The maximum atomic E-state index is 10.7. The predicted octanol–water partition coefficient (Wildman–Crippen LogP) is 1.05. The predicted molar refractivity (Wildman–Crippen MR) is 53.1 cm³/mol. The molecule has 76 valence electrons. The molecule has 1 aromatic heterocycles. The van der Waals surface area contributed by atoms with Gasteiger partial charge in [-0.3, -0.25) is 9.69 Å². The topological polar surface area (TPSA) is 53.4 Å². The Bertz CT molecular complexity index is 313. The van der Waals surface area contributed by atoms with Gasteiger partial charge in [0.25, 0.3) is 0 Å². The third kappa shape index (κ3) is 2.10. The number of nitrogens with zero attached hydrogens (tertiary/aromatic N) is 2. The van der Waals surface area contributed by atoms with E-state index in [1.165, 1.54) is 0 Å². The summed E-state index contributed by atoms with van der Waals surface area (Å²) in [6.07, 6.45) is 0.763. The largest absolute Gasteiger partial charge is 0.481 e. The van der Waals surface area contributed by atoms with E-state index in [4.69, 9.17) is 5.11 Å². The molecule has 0 aromatic carbocycles. The minimum Gasteiger partial charge on any atom is -0.481 e. The van der Waals surface area contributed by atoms with Crippen LogP contribution in [-0.4, -0.2) is 34.0 Å². The van der Waals surface area contributed by atoms with Crippen LogP contribution in [0.2, 0.25) is 0 Å².